The predicted octanol–water partition coefficient (Wildman–Crippen LogP) is 1.83. The molecule has 0 aromatic heterocycles. The minimum atomic E-state index is -0.397. The number of ketones is 1. The van der Waals surface area contributed by atoms with Crippen molar-refractivity contribution < 1.29 is 34.7 Å². The van der Waals surface area contributed by atoms with Crippen LogP contribution in [0.3, 0.4) is 0 Å². The van der Waals surface area contributed by atoms with Crippen molar-refractivity contribution in [1.29, 1.82) is 0 Å². The number of aliphatic hydroxyl groups is 1. The smallest absolute Gasteiger partial charge is 0.159 e. The van der Waals surface area contributed by atoms with E-state index < -0.39 is 6.10 Å². The molecule has 0 fully saturated rings. The number of rotatable bonds is 5. The van der Waals surface area contributed by atoms with Crippen molar-refractivity contribution in [3.63, 3.8) is 0 Å². The van der Waals surface area contributed by atoms with Gasteiger partial charge in [0.05, 0.1) is 0 Å². The molecule has 0 spiro atoms. The first-order valence-corrected chi connectivity index (χ1v) is 4.08. The van der Waals surface area contributed by atoms with E-state index in [0.29, 0.717) is 6.42 Å². The van der Waals surface area contributed by atoms with Crippen LogP contribution in [0, 0.1) is 0 Å². The van der Waals surface area contributed by atoms with Crippen molar-refractivity contribution >= 4 is 5.78 Å². The summed E-state index contributed by atoms with van der Waals surface area (Å²) in [5, 5.41) is 9.23. The Kier molecular flexibility index (Phi) is 9.91. The Morgan fingerprint density at radius 1 is 1.62 bits per heavy atom. The van der Waals surface area contributed by atoms with Gasteiger partial charge >= 0.3 is 0 Å². The van der Waals surface area contributed by atoms with Crippen LogP contribution in [0.4, 0.5) is 0 Å². The first kappa shape index (κ1) is 15.3. The summed E-state index contributed by atoms with van der Waals surface area (Å²) in [7, 11) is 1.49. The molecule has 0 rings (SSSR count). The molecule has 0 aromatic carbocycles. The van der Waals surface area contributed by atoms with Gasteiger partial charge < -0.3 is 9.84 Å². The Labute approximate surface area is 92.5 Å². The third kappa shape index (κ3) is 6.93. The zero-order valence-electron chi connectivity index (χ0n) is 8.17. The fourth-order valence-corrected chi connectivity index (χ4v) is 0.722. The van der Waals surface area contributed by atoms with Gasteiger partial charge in [0.1, 0.15) is 11.9 Å². The van der Waals surface area contributed by atoms with Gasteiger partial charge in [0.2, 0.25) is 0 Å². The summed E-state index contributed by atoms with van der Waals surface area (Å²) >= 11 is 0. The van der Waals surface area contributed by atoms with Crippen molar-refractivity contribution in [1.82, 2.24) is 0 Å². The first-order chi connectivity index (χ1) is 5.61. The molecule has 0 aliphatic carbocycles. The second-order valence-corrected chi connectivity index (χ2v) is 2.66. The Morgan fingerprint density at radius 2 is 2.15 bits per heavy atom. The Morgan fingerprint density at radius 3 is 2.54 bits per heavy atom. The van der Waals surface area contributed by atoms with Crippen LogP contribution in [0.5, 0.6) is 0 Å². The van der Waals surface area contributed by atoms with E-state index in [1.807, 2.05) is 6.92 Å². The van der Waals surface area contributed by atoms with E-state index in [4.69, 9.17) is 4.74 Å². The fraction of sp³-hybridized carbons (Fsp3) is 0.667. The predicted molar refractivity (Wildman–Crippen MR) is 47.1 cm³/mol. The Balaban J connectivity index is 0. The van der Waals surface area contributed by atoms with Crippen LogP contribution in [-0.2, 0) is 29.6 Å². The van der Waals surface area contributed by atoms with Crippen LogP contribution in [0.25, 0.3) is 0 Å². The number of aliphatic hydroxyl groups excluding tert-OH is 1. The molecule has 1 N–H and O–H groups in total. The van der Waals surface area contributed by atoms with Gasteiger partial charge in [-0.05, 0) is 13.3 Å². The maximum absolute atomic E-state index is 11.0. The number of carbonyl (C=O) groups excluding carboxylic acids is 1. The van der Waals surface area contributed by atoms with Gasteiger partial charge in [0, 0.05) is 39.7 Å². The summed E-state index contributed by atoms with van der Waals surface area (Å²) in [5.74, 6) is -0.0603. The molecule has 0 aromatic rings. The number of allylic oxidation sites excluding steroid dienone is 1. The number of hydrogen-bond donors (Lipinski definition) is 1. The summed E-state index contributed by atoms with van der Waals surface area (Å²) in [6.07, 6.45) is 2.10. The van der Waals surface area contributed by atoms with Gasteiger partial charge in [-0.2, -0.15) is 0 Å². The molecule has 1 unspecified atom stereocenters. The van der Waals surface area contributed by atoms with E-state index in [0.717, 1.165) is 6.42 Å². The Bertz CT molecular complexity index is 178. The summed E-state index contributed by atoms with van der Waals surface area (Å²) in [4.78, 5) is 11.0. The minimum Gasteiger partial charge on any atom is -0.509 e. The van der Waals surface area contributed by atoms with E-state index in [2.05, 4.69) is 0 Å². The Hall–Kier alpha value is -0.181. The third-order valence-corrected chi connectivity index (χ3v) is 1.58. The molecule has 1 radical (unpaired) electrons. The average Bonchev–Trinajstić information content (AvgIpc) is 2.03. The standard InChI is InChI=1S/C9H16O3.Ir/c1-4-5-8(10)6-9(11)7(2)12-3;/h6-7,11H,4-5H2,1-3H3;/b9-6-;. The number of hydrogen-bond acceptors (Lipinski definition) is 3. The number of carbonyl (C=O) groups is 1. The van der Waals surface area contributed by atoms with Crippen LogP contribution in [0.2, 0.25) is 0 Å². The summed E-state index contributed by atoms with van der Waals surface area (Å²) in [6.45, 7) is 3.60. The summed E-state index contributed by atoms with van der Waals surface area (Å²) in [6, 6.07) is 0. The van der Waals surface area contributed by atoms with Crippen molar-refractivity contribution in [3.05, 3.63) is 11.8 Å². The van der Waals surface area contributed by atoms with Crippen molar-refractivity contribution in [2.45, 2.75) is 32.8 Å². The van der Waals surface area contributed by atoms with Gasteiger partial charge in [-0.1, -0.05) is 6.92 Å². The zero-order valence-corrected chi connectivity index (χ0v) is 10.6. The molecule has 0 amide bonds. The van der Waals surface area contributed by atoms with Crippen LogP contribution in [0.15, 0.2) is 11.8 Å². The maximum atomic E-state index is 11.0. The third-order valence-electron chi connectivity index (χ3n) is 1.58. The van der Waals surface area contributed by atoms with Gasteiger partial charge in [-0.3, -0.25) is 4.79 Å². The van der Waals surface area contributed by atoms with Gasteiger partial charge in [0.15, 0.2) is 5.78 Å². The van der Waals surface area contributed by atoms with E-state index >= 15 is 0 Å². The van der Waals surface area contributed by atoms with Gasteiger partial charge in [-0.15, -0.1) is 0 Å². The first-order valence-electron chi connectivity index (χ1n) is 4.08. The average molecular weight is 364 g/mol. The monoisotopic (exact) mass is 365 g/mol. The molecule has 0 bridgehead atoms. The molecular formula is C9H16IrO3. The normalized spacial score (nSPS) is 13.3. The number of ether oxygens (including phenoxy) is 1. The molecule has 1 atom stereocenters. The van der Waals surface area contributed by atoms with Crippen molar-refractivity contribution in [2.24, 2.45) is 0 Å². The van der Waals surface area contributed by atoms with Crippen LogP contribution in [-0.4, -0.2) is 24.1 Å². The van der Waals surface area contributed by atoms with Crippen LogP contribution < -0.4 is 0 Å². The SMILES string of the molecule is CCCC(=O)/C=C(\O)C(C)OC.[Ir]. The van der Waals surface area contributed by atoms with E-state index in [1.54, 1.807) is 6.92 Å². The molecule has 0 saturated carbocycles. The molecule has 0 heterocycles. The van der Waals surface area contributed by atoms with Crippen LogP contribution >= 0.6 is 0 Å². The second-order valence-electron chi connectivity index (χ2n) is 2.66. The second kappa shape index (κ2) is 8.42. The van der Waals surface area contributed by atoms with E-state index in [1.165, 1.54) is 13.2 Å². The quantitative estimate of drug-likeness (QED) is 0.598. The summed E-state index contributed by atoms with van der Waals surface area (Å²) in [5.41, 5.74) is 0. The maximum Gasteiger partial charge on any atom is 0.159 e. The number of methoxy groups -OCH3 is 1. The molecule has 0 saturated heterocycles. The summed E-state index contributed by atoms with van der Waals surface area (Å²) < 4.78 is 4.82. The topological polar surface area (TPSA) is 46.5 Å². The van der Waals surface area contributed by atoms with Crippen LogP contribution in [0.1, 0.15) is 26.7 Å². The van der Waals surface area contributed by atoms with E-state index in [-0.39, 0.29) is 31.6 Å². The van der Waals surface area contributed by atoms with E-state index in [9.17, 15) is 9.90 Å². The molecule has 13 heavy (non-hydrogen) atoms. The van der Waals surface area contributed by atoms with Gasteiger partial charge in [0.25, 0.3) is 0 Å². The van der Waals surface area contributed by atoms with Gasteiger partial charge in [-0.25, -0.2) is 0 Å². The molecule has 0 aliphatic rings. The fourth-order valence-electron chi connectivity index (χ4n) is 0.722. The molecule has 79 valence electrons. The molecule has 4 heteroatoms. The minimum absolute atomic E-state index is 0. The largest absolute Gasteiger partial charge is 0.509 e. The molecule has 0 aliphatic heterocycles. The molecular weight excluding hydrogens is 348 g/mol. The molecule has 3 nitrogen and oxygen atoms in total. The van der Waals surface area contributed by atoms with Crippen molar-refractivity contribution in [3.8, 4) is 0 Å². The van der Waals surface area contributed by atoms with Crippen molar-refractivity contribution in [2.75, 3.05) is 7.11 Å². The zero-order chi connectivity index (χ0) is 9.56.